The minimum absolute atomic E-state index is 0.237. The average Bonchev–Trinajstić information content (AvgIpc) is 3.76. The monoisotopic (exact) mass is 502 g/mol. The third kappa shape index (κ3) is 4.54. The van der Waals surface area contributed by atoms with Crippen molar-refractivity contribution >= 4 is 34.2 Å². The van der Waals surface area contributed by atoms with Gasteiger partial charge in [0.2, 0.25) is 0 Å². The summed E-state index contributed by atoms with van der Waals surface area (Å²) in [4.78, 5) is 32.2. The molecule has 1 saturated carbocycles. The lowest BCUT2D eigenvalue weighted by Gasteiger charge is -2.32. The standard InChI is InChI=1S/C27H24F2N6O2/c28-19-4-1-5-20(29)24(19)33-22-11-16(8-9-31-22)25-32-21-13-30-12-18(15-6-7-15)23(21)26(34-25)35-10-2-3-17(14-35)27(36)37/h1,4-5,8-9,11-13,15,17H,2-3,6-7,10,14H2,(H,31,33)(H,36,37). The molecule has 1 saturated heterocycles. The molecule has 2 aliphatic rings. The van der Waals surface area contributed by atoms with Gasteiger partial charge in [-0.3, -0.25) is 9.78 Å². The molecule has 1 aliphatic carbocycles. The molecule has 4 heterocycles. The summed E-state index contributed by atoms with van der Waals surface area (Å²) in [5.74, 6) is -1.01. The molecule has 3 aromatic heterocycles. The van der Waals surface area contributed by atoms with Crippen LogP contribution in [0.25, 0.3) is 22.3 Å². The molecule has 1 unspecified atom stereocenters. The van der Waals surface area contributed by atoms with Crippen molar-refractivity contribution < 1.29 is 18.7 Å². The number of piperidine rings is 1. The van der Waals surface area contributed by atoms with Crippen LogP contribution in [0.1, 0.15) is 37.2 Å². The molecule has 0 radical (unpaired) electrons. The summed E-state index contributed by atoms with van der Waals surface area (Å²) in [6.45, 7) is 1.06. The maximum absolute atomic E-state index is 14.2. The molecule has 188 valence electrons. The summed E-state index contributed by atoms with van der Waals surface area (Å²) in [6, 6.07) is 6.99. The van der Waals surface area contributed by atoms with Crippen LogP contribution in [0.5, 0.6) is 0 Å². The average molecular weight is 503 g/mol. The first-order valence-electron chi connectivity index (χ1n) is 12.3. The number of aromatic nitrogens is 4. The van der Waals surface area contributed by atoms with E-state index in [4.69, 9.17) is 9.97 Å². The Bertz CT molecular complexity index is 1490. The minimum Gasteiger partial charge on any atom is -0.481 e. The molecule has 1 aliphatic heterocycles. The molecular formula is C27H24F2N6O2. The summed E-state index contributed by atoms with van der Waals surface area (Å²) < 4.78 is 28.4. The van der Waals surface area contributed by atoms with Gasteiger partial charge in [-0.15, -0.1) is 0 Å². The Morgan fingerprint density at radius 2 is 1.89 bits per heavy atom. The van der Waals surface area contributed by atoms with Crippen molar-refractivity contribution in [3.05, 3.63) is 66.1 Å². The second kappa shape index (κ2) is 9.34. The minimum atomic E-state index is -0.808. The van der Waals surface area contributed by atoms with Crippen LogP contribution in [0.3, 0.4) is 0 Å². The van der Waals surface area contributed by atoms with Gasteiger partial charge in [-0.05, 0) is 61.4 Å². The number of carbonyl (C=O) groups is 1. The molecule has 4 aromatic rings. The highest BCUT2D eigenvalue weighted by Crippen LogP contribution is 2.45. The van der Waals surface area contributed by atoms with Crippen LogP contribution >= 0.6 is 0 Å². The van der Waals surface area contributed by atoms with Crippen molar-refractivity contribution in [1.29, 1.82) is 0 Å². The van der Waals surface area contributed by atoms with E-state index in [1.807, 2.05) is 11.1 Å². The van der Waals surface area contributed by atoms with Gasteiger partial charge in [-0.25, -0.2) is 23.7 Å². The molecule has 37 heavy (non-hydrogen) atoms. The van der Waals surface area contributed by atoms with Gasteiger partial charge in [-0.2, -0.15) is 0 Å². The van der Waals surface area contributed by atoms with E-state index in [9.17, 15) is 18.7 Å². The topological polar surface area (TPSA) is 104 Å². The number of nitrogens with one attached hydrogen (secondary N) is 1. The van der Waals surface area contributed by atoms with E-state index in [-0.39, 0.29) is 11.5 Å². The largest absolute Gasteiger partial charge is 0.481 e. The second-order valence-electron chi connectivity index (χ2n) is 9.54. The van der Waals surface area contributed by atoms with E-state index in [0.717, 1.165) is 30.2 Å². The van der Waals surface area contributed by atoms with Crippen LogP contribution in [0.15, 0.2) is 48.9 Å². The summed E-state index contributed by atoms with van der Waals surface area (Å²) in [5, 5.41) is 13.3. The number of carboxylic acids is 1. The Labute approximate surface area is 211 Å². The summed E-state index contributed by atoms with van der Waals surface area (Å²) in [5.41, 5.74) is 2.07. The number of nitrogens with zero attached hydrogens (tertiary/aromatic N) is 5. The van der Waals surface area contributed by atoms with Gasteiger partial charge in [0, 0.05) is 36.4 Å². The van der Waals surface area contributed by atoms with Crippen molar-refractivity contribution in [2.24, 2.45) is 5.92 Å². The number of aliphatic carboxylic acids is 1. The Morgan fingerprint density at radius 1 is 1.08 bits per heavy atom. The fraction of sp³-hybridized carbons (Fsp3) is 0.296. The highest BCUT2D eigenvalue weighted by atomic mass is 19.1. The first kappa shape index (κ1) is 23.2. The SMILES string of the molecule is O=C(O)C1CCCN(c2nc(-c3ccnc(Nc4c(F)cccc4F)c3)nc3cncc(C4CC4)c23)C1. The summed E-state index contributed by atoms with van der Waals surface area (Å²) in [7, 11) is 0. The van der Waals surface area contributed by atoms with Crippen molar-refractivity contribution in [2.45, 2.75) is 31.6 Å². The van der Waals surface area contributed by atoms with Crippen LogP contribution in [-0.4, -0.2) is 44.1 Å². The maximum atomic E-state index is 14.2. The first-order chi connectivity index (χ1) is 18.0. The van der Waals surface area contributed by atoms with Crippen molar-refractivity contribution in [2.75, 3.05) is 23.3 Å². The van der Waals surface area contributed by atoms with Crippen molar-refractivity contribution in [1.82, 2.24) is 19.9 Å². The molecule has 2 N–H and O–H groups in total. The molecule has 2 fully saturated rings. The van der Waals surface area contributed by atoms with Gasteiger partial charge in [0.25, 0.3) is 0 Å². The number of benzene rings is 1. The van der Waals surface area contributed by atoms with E-state index < -0.39 is 23.5 Å². The highest BCUT2D eigenvalue weighted by Gasteiger charge is 2.32. The Hall–Kier alpha value is -4.21. The zero-order valence-electron chi connectivity index (χ0n) is 19.9. The highest BCUT2D eigenvalue weighted by molar-refractivity contribution is 5.94. The molecule has 0 amide bonds. The zero-order chi connectivity index (χ0) is 25.5. The van der Waals surface area contributed by atoms with E-state index in [2.05, 4.69) is 15.3 Å². The molecule has 0 spiro atoms. The quantitative estimate of drug-likeness (QED) is 0.367. The lowest BCUT2D eigenvalue weighted by Crippen LogP contribution is -2.39. The van der Waals surface area contributed by atoms with Gasteiger partial charge in [0.05, 0.1) is 17.6 Å². The lowest BCUT2D eigenvalue weighted by atomic mass is 9.97. The molecule has 10 heteroatoms. The number of anilines is 3. The fourth-order valence-electron chi connectivity index (χ4n) is 4.91. The smallest absolute Gasteiger partial charge is 0.308 e. The van der Waals surface area contributed by atoms with Gasteiger partial charge in [-0.1, -0.05) is 6.07 Å². The molecule has 1 atom stereocenters. The fourth-order valence-corrected chi connectivity index (χ4v) is 4.91. The summed E-state index contributed by atoms with van der Waals surface area (Å²) in [6.07, 6.45) is 8.61. The van der Waals surface area contributed by atoms with Gasteiger partial charge < -0.3 is 15.3 Å². The number of hydrogen-bond donors (Lipinski definition) is 2. The van der Waals surface area contributed by atoms with E-state index in [1.54, 1.807) is 18.3 Å². The van der Waals surface area contributed by atoms with Crippen LogP contribution in [0, 0.1) is 17.6 Å². The van der Waals surface area contributed by atoms with Crippen molar-refractivity contribution in [3.8, 4) is 11.4 Å². The second-order valence-corrected chi connectivity index (χ2v) is 9.54. The lowest BCUT2D eigenvalue weighted by molar-refractivity contribution is -0.141. The van der Waals surface area contributed by atoms with E-state index >= 15 is 0 Å². The van der Waals surface area contributed by atoms with E-state index in [0.29, 0.717) is 48.2 Å². The Kier molecular flexibility index (Phi) is 5.86. The van der Waals surface area contributed by atoms with Gasteiger partial charge >= 0.3 is 5.97 Å². The third-order valence-electron chi connectivity index (χ3n) is 6.94. The predicted octanol–water partition coefficient (Wildman–Crippen LogP) is 5.29. The number of fused-ring (bicyclic) bond motifs is 1. The number of rotatable bonds is 6. The maximum Gasteiger partial charge on any atom is 0.308 e. The molecule has 0 bridgehead atoms. The summed E-state index contributed by atoms with van der Waals surface area (Å²) >= 11 is 0. The molecule has 1 aromatic carbocycles. The molecule has 6 rings (SSSR count). The number of para-hydroxylation sites is 1. The predicted molar refractivity (Wildman–Crippen MR) is 135 cm³/mol. The molecular weight excluding hydrogens is 478 g/mol. The van der Waals surface area contributed by atoms with Crippen molar-refractivity contribution in [3.63, 3.8) is 0 Å². The normalized spacial score (nSPS) is 17.7. The van der Waals surface area contributed by atoms with Crippen LogP contribution in [0.2, 0.25) is 0 Å². The van der Waals surface area contributed by atoms with Crippen LogP contribution < -0.4 is 10.2 Å². The third-order valence-corrected chi connectivity index (χ3v) is 6.94. The number of hydrogen-bond acceptors (Lipinski definition) is 7. The van der Waals surface area contributed by atoms with E-state index in [1.165, 1.54) is 24.4 Å². The number of carboxylic acid groups (broad SMARTS) is 1. The number of halogens is 2. The van der Waals surface area contributed by atoms with Crippen LogP contribution in [0.4, 0.5) is 26.1 Å². The zero-order valence-corrected chi connectivity index (χ0v) is 19.9. The van der Waals surface area contributed by atoms with Gasteiger partial charge in [0.1, 0.15) is 29.0 Å². The van der Waals surface area contributed by atoms with Crippen LogP contribution in [-0.2, 0) is 4.79 Å². The Balaban J connectivity index is 1.44. The first-order valence-corrected chi connectivity index (χ1v) is 12.3. The number of pyridine rings is 2. The Morgan fingerprint density at radius 3 is 2.65 bits per heavy atom. The van der Waals surface area contributed by atoms with Gasteiger partial charge in [0.15, 0.2) is 5.82 Å². The molecule has 8 nitrogen and oxygen atoms in total.